The molecule has 0 unspecified atom stereocenters. The second-order valence-corrected chi connectivity index (χ2v) is 7.44. The number of allylic oxidation sites excluding steroid dienone is 1. The summed E-state index contributed by atoms with van der Waals surface area (Å²) in [5, 5.41) is 4.25. The van der Waals surface area contributed by atoms with E-state index in [2.05, 4.69) is 16.1 Å². The Labute approximate surface area is 159 Å². The van der Waals surface area contributed by atoms with Crippen molar-refractivity contribution in [1.29, 1.82) is 0 Å². The molecule has 1 saturated heterocycles. The summed E-state index contributed by atoms with van der Waals surface area (Å²) in [7, 11) is 1.70. The molecule has 5 nitrogen and oxygen atoms in total. The third-order valence-electron chi connectivity index (χ3n) is 4.45. The van der Waals surface area contributed by atoms with Gasteiger partial charge in [0.25, 0.3) is 0 Å². The van der Waals surface area contributed by atoms with Gasteiger partial charge < -0.3 is 4.74 Å². The molecular weight excluding hydrogens is 346 g/mol. The molecule has 1 aromatic heterocycles. The van der Waals surface area contributed by atoms with Gasteiger partial charge in [-0.1, -0.05) is 12.1 Å². The molecule has 0 spiro atoms. The summed E-state index contributed by atoms with van der Waals surface area (Å²) in [6.07, 6.45) is 5.26. The van der Waals surface area contributed by atoms with Crippen molar-refractivity contribution >= 4 is 23.6 Å². The predicted octanol–water partition coefficient (Wildman–Crippen LogP) is 3.36. The number of carbonyl (C=O) groups excluding carboxylic acids is 1. The van der Waals surface area contributed by atoms with Crippen LogP contribution < -0.4 is 4.74 Å². The second-order valence-electron chi connectivity index (χ2n) is 6.21. The van der Waals surface area contributed by atoms with Gasteiger partial charge in [0.15, 0.2) is 0 Å². The lowest BCUT2D eigenvalue weighted by Gasteiger charge is -2.26. The van der Waals surface area contributed by atoms with Crippen LogP contribution in [0.15, 0.2) is 36.5 Å². The summed E-state index contributed by atoms with van der Waals surface area (Å²) in [5.41, 5.74) is 2.63. The van der Waals surface area contributed by atoms with Crippen molar-refractivity contribution < 1.29 is 9.53 Å². The third-order valence-corrected chi connectivity index (χ3v) is 5.39. The zero-order valence-electron chi connectivity index (χ0n) is 15.4. The molecule has 26 heavy (non-hydrogen) atoms. The Hall–Kier alpha value is -2.05. The van der Waals surface area contributed by atoms with Crippen LogP contribution in [0.3, 0.4) is 0 Å². The largest absolute Gasteiger partial charge is 0.496 e. The van der Waals surface area contributed by atoms with E-state index in [4.69, 9.17) is 4.74 Å². The molecular formula is C20H25N3O2S. The fraction of sp³-hybridized carbons (Fsp3) is 0.400. The average Bonchev–Trinajstić information content (AvgIpc) is 3.16. The first-order chi connectivity index (χ1) is 12.7. The molecule has 0 saturated carbocycles. The van der Waals surface area contributed by atoms with Gasteiger partial charge in [-0.05, 0) is 36.8 Å². The maximum atomic E-state index is 12.3. The molecule has 0 bridgehead atoms. The van der Waals surface area contributed by atoms with Crippen LogP contribution in [0.1, 0.15) is 28.5 Å². The van der Waals surface area contributed by atoms with Crippen molar-refractivity contribution in [3.63, 3.8) is 0 Å². The lowest BCUT2D eigenvalue weighted by molar-refractivity contribution is 0.104. The normalized spacial score (nSPS) is 15.5. The van der Waals surface area contributed by atoms with Crippen molar-refractivity contribution in [1.82, 2.24) is 14.7 Å². The second kappa shape index (κ2) is 9.05. The monoisotopic (exact) mass is 371 g/mol. The maximum Gasteiger partial charge on any atom is 0.206 e. The number of aromatic nitrogens is 2. The fourth-order valence-corrected chi connectivity index (χ4v) is 3.93. The standard InChI is InChI=1S/C20H25N3O2S/c1-3-23-9-8-18(21-23)19(24)6-4-16-5-7-20(25-2)17(14-16)15-22-10-12-26-13-11-22/h4-9,14H,3,10-13,15H2,1-2H3/b6-4+. The summed E-state index contributed by atoms with van der Waals surface area (Å²) in [6, 6.07) is 7.81. The molecule has 1 aliphatic heterocycles. The summed E-state index contributed by atoms with van der Waals surface area (Å²) in [6.45, 7) is 5.84. The Morgan fingerprint density at radius 3 is 2.81 bits per heavy atom. The molecule has 2 heterocycles. The third kappa shape index (κ3) is 4.77. The molecule has 0 amide bonds. The number of benzene rings is 1. The molecule has 0 N–H and O–H groups in total. The number of methoxy groups -OCH3 is 1. The highest BCUT2D eigenvalue weighted by Gasteiger charge is 2.13. The molecule has 1 aromatic carbocycles. The van der Waals surface area contributed by atoms with Crippen LogP contribution in [-0.4, -0.2) is 52.2 Å². The number of hydrogen-bond acceptors (Lipinski definition) is 5. The van der Waals surface area contributed by atoms with Gasteiger partial charge in [-0.15, -0.1) is 0 Å². The van der Waals surface area contributed by atoms with Gasteiger partial charge in [0, 0.05) is 49.4 Å². The summed E-state index contributed by atoms with van der Waals surface area (Å²) >= 11 is 2.01. The lowest BCUT2D eigenvalue weighted by Crippen LogP contribution is -2.32. The highest BCUT2D eigenvalue weighted by molar-refractivity contribution is 7.99. The van der Waals surface area contributed by atoms with Crippen LogP contribution in [0.4, 0.5) is 0 Å². The van der Waals surface area contributed by atoms with Crippen LogP contribution in [0.25, 0.3) is 6.08 Å². The molecule has 0 atom stereocenters. The number of aryl methyl sites for hydroxylation is 1. The number of hydrogen-bond donors (Lipinski definition) is 0. The number of ether oxygens (including phenoxy) is 1. The minimum absolute atomic E-state index is 0.0809. The van der Waals surface area contributed by atoms with E-state index < -0.39 is 0 Å². The van der Waals surface area contributed by atoms with Gasteiger partial charge >= 0.3 is 0 Å². The average molecular weight is 372 g/mol. The van der Waals surface area contributed by atoms with Gasteiger partial charge in [-0.2, -0.15) is 16.9 Å². The van der Waals surface area contributed by atoms with E-state index in [1.807, 2.05) is 43.1 Å². The maximum absolute atomic E-state index is 12.3. The van der Waals surface area contributed by atoms with E-state index >= 15 is 0 Å². The Balaban J connectivity index is 1.72. The quantitative estimate of drug-likeness (QED) is 0.552. The number of ketones is 1. The van der Waals surface area contributed by atoms with Crippen molar-refractivity contribution in [2.75, 3.05) is 31.7 Å². The minimum atomic E-state index is -0.0809. The van der Waals surface area contributed by atoms with E-state index in [9.17, 15) is 4.79 Å². The highest BCUT2D eigenvalue weighted by atomic mass is 32.2. The number of nitrogens with zero attached hydrogens (tertiary/aromatic N) is 3. The van der Waals surface area contributed by atoms with E-state index in [-0.39, 0.29) is 5.78 Å². The minimum Gasteiger partial charge on any atom is -0.496 e. The van der Waals surface area contributed by atoms with E-state index in [1.54, 1.807) is 23.9 Å². The smallest absolute Gasteiger partial charge is 0.206 e. The van der Waals surface area contributed by atoms with Crippen LogP contribution in [0.5, 0.6) is 5.75 Å². The Morgan fingerprint density at radius 2 is 2.12 bits per heavy atom. The first-order valence-electron chi connectivity index (χ1n) is 8.92. The van der Waals surface area contributed by atoms with Crippen molar-refractivity contribution in [2.45, 2.75) is 20.0 Å². The van der Waals surface area contributed by atoms with Crippen LogP contribution in [0.2, 0.25) is 0 Å². The Morgan fingerprint density at radius 1 is 1.31 bits per heavy atom. The summed E-state index contributed by atoms with van der Waals surface area (Å²) in [5.74, 6) is 3.18. The number of carbonyl (C=O) groups is 1. The molecule has 1 fully saturated rings. The molecule has 2 aromatic rings. The molecule has 6 heteroatoms. The van der Waals surface area contributed by atoms with Gasteiger partial charge in [0.2, 0.25) is 5.78 Å². The molecule has 0 aliphatic carbocycles. The van der Waals surface area contributed by atoms with Gasteiger partial charge in [0.1, 0.15) is 11.4 Å². The van der Waals surface area contributed by atoms with Crippen molar-refractivity contribution in [2.24, 2.45) is 0 Å². The molecule has 138 valence electrons. The van der Waals surface area contributed by atoms with Crippen molar-refractivity contribution in [3.8, 4) is 5.75 Å². The topological polar surface area (TPSA) is 47.4 Å². The predicted molar refractivity (Wildman–Crippen MR) is 107 cm³/mol. The zero-order valence-corrected chi connectivity index (χ0v) is 16.2. The lowest BCUT2D eigenvalue weighted by atomic mass is 10.1. The molecule has 0 radical (unpaired) electrons. The summed E-state index contributed by atoms with van der Waals surface area (Å²) < 4.78 is 7.27. The number of rotatable bonds is 7. The molecule has 3 rings (SSSR count). The van der Waals surface area contributed by atoms with Gasteiger partial charge in [-0.3, -0.25) is 14.4 Å². The highest BCUT2D eigenvalue weighted by Crippen LogP contribution is 2.23. The SMILES string of the molecule is CCn1ccc(C(=O)/C=C/c2ccc(OC)c(CN3CCSCC3)c2)n1. The fourth-order valence-electron chi connectivity index (χ4n) is 2.95. The number of thioether (sulfide) groups is 1. The van der Waals surface area contributed by atoms with E-state index in [0.29, 0.717) is 5.69 Å². The first kappa shape index (κ1) is 18.7. The Kier molecular flexibility index (Phi) is 6.52. The van der Waals surface area contributed by atoms with E-state index in [1.165, 1.54) is 11.5 Å². The van der Waals surface area contributed by atoms with Crippen LogP contribution in [0, 0.1) is 0 Å². The molecule has 1 aliphatic rings. The zero-order chi connectivity index (χ0) is 18.4. The first-order valence-corrected chi connectivity index (χ1v) is 10.1. The van der Waals surface area contributed by atoms with Gasteiger partial charge in [-0.25, -0.2) is 0 Å². The summed E-state index contributed by atoms with van der Waals surface area (Å²) in [4.78, 5) is 14.7. The van der Waals surface area contributed by atoms with Crippen LogP contribution in [-0.2, 0) is 13.1 Å². The van der Waals surface area contributed by atoms with Gasteiger partial charge in [0.05, 0.1) is 7.11 Å². The Bertz CT molecular complexity index is 779. The van der Waals surface area contributed by atoms with Crippen LogP contribution >= 0.6 is 11.8 Å². The van der Waals surface area contributed by atoms with E-state index in [0.717, 1.165) is 43.1 Å². The van der Waals surface area contributed by atoms with Crippen molar-refractivity contribution in [3.05, 3.63) is 53.4 Å².